The number of aliphatic hydroxyl groups is 1. The van der Waals surface area contributed by atoms with Crippen LogP contribution in [0.4, 0.5) is 16.4 Å². The number of fused-ring (bicyclic) bond motifs is 1. The van der Waals surface area contributed by atoms with Crippen LogP contribution in [-0.2, 0) is 9.53 Å². The fourth-order valence-corrected chi connectivity index (χ4v) is 1.93. The van der Waals surface area contributed by atoms with Gasteiger partial charge in [-0.3, -0.25) is 9.69 Å². The highest BCUT2D eigenvalue weighted by molar-refractivity contribution is 5.95. The molecule has 1 aromatic heterocycles. The average molecular weight is 277 g/mol. The molecule has 8 heteroatoms. The summed E-state index contributed by atoms with van der Waals surface area (Å²) in [6.45, 7) is 3.38. The number of carbonyl (C=O) groups is 2. The van der Waals surface area contributed by atoms with Gasteiger partial charge in [0.2, 0.25) is 0 Å². The second-order valence-corrected chi connectivity index (χ2v) is 4.33. The second-order valence-electron chi connectivity index (χ2n) is 4.33. The van der Waals surface area contributed by atoms with Gasteiger partial charge in [-0.1, -0.05) is 6.58 Å². The van der Waals surface area contributed by atoms with E-state index in [0.29, 0.717) is 11.6 Å². The lowest BCUT2D eigenvalue weighted by Gasteiger charge is -2.19. The molecule has 1 saturated heterocycles. The Balaban J connectivity index is 1.88. The van der Waals surface area contributed by atoms with E-state index in [-0.39, 0.29) is 30.6 Å². The predicted octanol–water partition coefficient (Wildman–Crippen LogP) is 0.809. The van der Waals surface area contributed by atoms with Gasteiger partial charge in [0, 0.05) is 0 Å². The van der Waals surface area contributed by atoms with Gasteiger partial charge < -0.3 is 19.9 Å². The van der Waals surface area contributed by atoms with Crippen molar-refractivity contribution in [2.75, 3.05) is 23.4 Å². The summed E-state index contributed by atoms with van der Waals surface area (Å²) in [5.74, 6) is 0.438. The molecule has 3 rings (SSSR count). The topological polar surface area (TPSA) is 101 Å². The quantitative estimate of drug-likeness (QED) is 0.776. The van der Waals surface area contributed by atoms with Crippen molar-refractivity contribution >= 4 is 23.6 Å². The summed E-state index contributed by atoms with van der Waals surface area (Å²) in [5, 5.41) is 11.8. The van der Waals surface area contributed by atoms with E-state index in [1.165, 1.54) is 4.90 Å². The predicted molar refractivity (Wildman–Crippen MR) is 67.7 cm³/mol. The van der Waals surface area contributed by atoms with Crippen LogP contribution in [-0.4, -0.2) is 41.3 Å². The van der Waals surface area contributed by atoms with Crippen LogP contribution >= 0.6 is 0 Å². The monoisotopic (exact) mass is 277 g/mol. The first-order valence-corrected chi connectivity index (χ1v) is 5.84. The molecule has 2 N–H and O–H groups in total. The van der Waals surface area contributed by atoms with Crippen molar-refractivity contribution in [1.82, 2.24) is 4.98 Å². The standard InChI is InChI=1S/C12H11N3O5/c1-6(16)8-4-15(12(18)20-8)9-3-2-7-11(13-9)14-10(17)5-19-7/h2-3,8,16H,1,4-5H2,(H,13,14,17). The highest BCUT2D eigenvalue weighted by Crippen LogP contribution is 2.30. The second kappa shape index (κ2) is 4.41. The van der Waals surface area contributed by atoms with Gasteiger partial charge in [-0.25, -0.2) is 9.78 Å². The lowest BCUT2D eigenvalue weighted by atomic mass is 10.3. The number of nitrogens with zero attached hydrogens (tertiary/aromatic N) is 2. The summed E-state index contributed by atoms with van der Waals surface area (Å²) in [6.07, 6.45) is -1.42. The molecular formula is C12H11N3O5. The summed E-state index contributed by atoms with van der Waals surface area (Å²) in [7, 11) is 0. The molecule has 1 atom stereocenters. The number of cyclic esters (lactones) is 1. The van der Waals surface area contributed by atoms with Gasteiger partial charge in [-0.2, -0.15) is 0 Å². The zero-order valence-corrected chi connectivity index (χ0v) is 10.3. The fourth-order valence-electron chi connectivity index (χ4n) is 1.93. The Morgan fingerprint density at radius 3 is 3.00 bits per heavy atom. The molecule has 0 saturated carbocycles. The summed E-state index contributed by atoms with van der Waals surface area (Å²) in [6, 6.07) is 3.17. The van der Waals surface area contributed by atoms with Gasteiger partial charge in [0.15, 0.2) is 24.3 Å². The number of ether oxygens (including phenoxy) is 2. The molecule has 2 aliphatic heterocycles. The van der Waals surface area contributed by atoms with Crippen LogP contribution in [0.1, 0.15) is 0 Å². The van der Waals surface area contributed by atoms with Gasteiger partial charge in [0.05, 0.1) is 6.54 Å². The Kier molecular flexibility index (Phi) is 2.70. The van der Waals surface area contributed by atoms with Crippen molar-refractivity contribution in [2.24, 2.45) is 0 Å². The number of amides is 2. The van der Waals surface area contributed by atoms with Gasteiger partial charge in [0.1, 0.15) is 11.6 Å². The van der Waals surface area contributed by atoms with Crippen molar-refractivity contribution in [3.8, 4) is 5.75 Å². The summed E-state index contributed by atoms with van der Waals surface area (Å²) >= 11 is 0. The lowest BCUT2D eigenvalue weighted by molar-refractivity contribution is -0.118. The first-order valence-electron chi connectivity index (χ1n) is 5.84. The molecule has 0 spiro atoms. The maximum absolute atomic E-state index is 11.7. The van der Waals surface area contributed by atoms with Crippen molar-refractivity contribution in [1.29, 1.82) is 0 Å². The zero-order chi connectivity index (χ0) is 14.3. The van der Waals surface area contributed by atoms with E-state index in [1.54, 1.807) is 12.1 Å². The molecule has 104 valence electrons. The Hall–Kier alpha value is -2.77. The van der Waals surface area contributed by atoms with Crippen LogP contribution in [0.15, 0.2) is 24.5 Å². The van der Waals surface area contributed by atoms with Crippen LogP contribution in [0.2, 0.25) is 0 Å². The molecule has 0 aromatic carbocycles. The SMILES string of the molecule is C=C(O)C1CN(c2ccc3c(n2)NC(=O)CO3)C(=O)O1. The van der Waals surface area contributed by atoms with Gasteiger partial charge in [-0.15, -0.1) is 0 Å². The third-order valence-electron chi connectivity index (χ3n) is 2.92. The Labute approximate surface area is 113 Å². The smallest absolute Gasteiger partial charge is 0.416 e. The van der Waals surface area contributed by atoms with Crippen LogP contribution in [0.5, 0.6) is 5.75 Å². The van der Waals surface area contributed by atoms with E-state index in [4.69, 9.17) is 9.47 Å². The summed E-state index contributed by atoms with van der Waals surface area (Å²) < 4.78 is 10.1. The number of pyridine rings is 1. The van der Waals surface area contributed by atoms with Crippen molar-refractivity contribution in [3.05, 3.63) is 24.5 Å². The normalized spacial score (nSPS) is 20.8. The fraction of sp³-hybridized carbons (Fsp3) is 0.250. The van der Waals surface area contributed by atoms with E-state index in [9.17, 15) is 14.7 Å². The number of aliphatic hydroxyl groups excluding tert-OH is 1. The number of carbonyl (C=O) groups excluding carboxylic acids is 2. The largest absolute Gasteiger partial charge is 0.509 e. The van der Waals surface area contributed by atoms with E-state index >= 15 is 0 Å². The molecule has 0 bridgehead atoms. The zero-order valence-electron chi connectivity index (χ0n) is 10.3. The van der Waals surface area contributed by atoms with Crippen LogP contribution in [0, 0.1) is 0 Å². The summed E-state index contributed by atoms with van der Waals surface area (Å²) in [4.78, 5) is 28.3. The van der Waals surface area contributed by atoms with E-state index in [1.807, 2.05) is 0 Å². The third kappa shape index (κ3) is 2.00. The van der Waals surface area contributed by atoms with E-state index in [0.717, 1.165) is 0 Å². The molecular weight excluding hydrogens is 266 g/mol. The van der Waals surface area contributed by atoms with Crippen molar-refractivity contribution in [2.45, 2.75) is 6.10 Å². The molecule has 2 aliphatic rings. The van der Waals surface area contributed by atoms with E-state index < -0.39 is 12.2 Å². The van der Waals surface area contributed by atoms with E-state index in [2.05, 4.69) is 16.9 Å². The van der Waals surface area contributed by atoms with Gasteiger partial charge in [0.25, 0.3) is 5.91 Å². The highest BCUT2D eigenvalue weighted by atomic mass is 16.6. The molecule has 0 aliphatic carbocycles. The Morgan fingerprint density at radius 1 is 1.50 bits per heavy atom. The summed E-state index contributed by atoms with van der Waals surface area (Å²) in [5.41, 5.74) is 0. The third-order valence-corrected chi connectivity index (χ3v) is 2.92. The minimum absolute atomic E-state index is 0.0633. The van der Waals surface area contributed by atoms with Crippen molar-refractivity contribution in [3.63, 3.8) is 0 Å². The minimum Gasteiger partial charge on any atom is -0.509 e. The Bertz CT molecular complexity index is 615. The van der Waals surface area contributed by atoms with Gasteiger partial charge >= 0.3 is 6.09 Å². The number of aromatic nitrogens is 1. The number of hydrogen-bond acceptors (Lipinski definition) is 6. The van der Waals surface area contributed by atoms with Crippen LogP contribution in [0.3, 0.4) is 0 Å². The first-order chi connectivity index (χ1) is 9.54. The molecule has 3 heterocycles. The molecule has 8 nitrogen and oxygen atoms in total. The Morgan fingerprint density at radius 2 is 2.30 bits per heavy atom. The number of hydrogen-bond donors (Lipinski definition) is 2. The maximum Gasteiger partial charge on any atom is 0.416 e. The molecule has 2 amide bonds. The molecule has 20 heavy (non-hydrogen) atoms. The molecule has 1 aromatic rings. The lowest BCUT2D eigenvalue weighted by Crippen LogP contribution is -2.29. The first kappa shape index (κ1) is 12.3. The van der Waals surface area contributed by atoms with Crippen LogP contribution < -0.4 is 15.0 Å². The van der Waals surface area contributed by atoms with Gasteiger partial charge in [-0.05, 0) is 12.1 Å². The number of anilines is 2. The molecule has 1 unspecified atom stereocenters. The highest BCUT2D eigenvalue weighted by Gasteiger charge is 2.35. The molecule has 1 fully saturated rings. The maximum atomic E-state index is 11.7. The van der Waals surface area contributed by atoms with Crippen LogP contribution in [0.25, 0.3) is 0 Å². The number of rotatable bonds is 2. The molecule has 0 radical (unpaired) electrons. The minimum atomic E-state index is -0.786. The van der Waals surface area contributed by atoms with Crippen molar-refractivity contribution < 1.29 is 24.2 Å². The number of nitrogens with one attached hydrogen (secondary N) is 1. The average Bonchev–Trinajstić information content (AvgIpc) is 2.80.